The van der Waals surface area contributed by atoms with Gasteiger partial charge >= 0.3 is 0 Å². The van der Waals surface area contributed by atoms with E-state index in [1.54, 1.807) is 11.2 Å². The average Bonchev–Trinajstić information content (AvgIpc) is 2.84. The van der Waals surface area contributed by atoms with E-state index in [1.165, 1.54) is 17.7 Å². The Kier molecular flexibility index (Phi) is 7.67. The zero-order chi connectivity index (χ0) is 23.0. The highest BCUT2D eigenvalue weighted by atomic mass is 15.4. The summed E-state index contributed by atoms with van der Waals surface area (Å²) in [5.74, 6) is 6.42. The third-order valence-corrected chi connectivity index (χ3v) is 6.05. The normalized spacial score (nSPS) is 16.0. The molecule has 5 N–H and O–H groups in total. The van der Waals surface area contributed by atoms with E-state index in [4.69, 9.17) is 11.6 Å². The third-order valence-electron chi connectivity index (χ3n) is 6.05. The van der Waals surface area contributed by atoms with Crippen molar-refractivity contribution < 1.29 is 0 Å². The molecule has 0 saturated heterocycles. The van der Waals surface area contributed by atoms with Crippen molar-refractivity contribution in [3.8, 4) is 0 Å². The maximum absolute atomic E-state index is 6.42. The van der Waals surface area contributed by atoms with Crippen molar-refractivity contribution in [2.45, 2.75) is 38.4 Å². The van der Waals surface area contributed by atoms with Gasteiger partial charge in [-0.05, 0) is 61.7 Å². The molecule has 0 saturated carbocycles. The van der Waals surface area contributed by atoms with E-state index in [0.717, 1.165) is 29.8 Å². The van der Waals surface area contributed by atoms with Crippen LogP contribution in [0.25, 0.3) is 0 Å². The number of benzene rings is 1. The maximum Gasteiger partial charge on any atom is 0.0613 e. The molecular weight excluding hydrogens is 410 g/mol. The minimum absolute atomic E-state index is 0.274. The molecule has 1 aliphatic rings. The first kappa shape index (κ1) is 22.9. The first-order valence-electron chi connectivity index (χ1n) is 11.4. The van der Waals surface area contributed by atoms with Gasteiger partial charge in [-0.2, -0.15) is 0 Å². The lowest BCUT2D eigenvalue weighted by atomic mass is 9.91. The van der Waals surface area contributed by atoms with Gasteiger partial charge in [0.15, 0.2) is 0 Å². The molecule has 0 bridgehead atoms. The van der Waals surface area contributed by atoms with E-state index >= 15 is 0 Å². The molecule has 7 nitrogen and oxygen atoms in total. The van der Waals surface area contributed by atoms with E-state index in [1.807, 2.05) is 54.9 Å². The van der Waals surface area contributed by atoms with Crippen LogP contribution in [0, 0.1) is 0 Å². The second kappa shape index (κ2) is 11.0. The van der Waals surface area contributed by atoms with Crippen LogP contribution in [0.5, 0.6) is 0 Å². The second-order valence-corrected chi connectivity index (χ2v) is 8.54. The zero-order valence-corrected chi connectivity index (χ0v) is 19.2. The summed E-state index contributed by atoms with van der Waals surface area (Å²) in [7, 11) is 2.10. The summed E-state index contributed by atoms with van der Waals surface area (Å²) in [5, 5.41) is 5.06. The Morgan fingerprint density at radius 3 is 2.73 bits per heavy atom. The van der Waals surface area contributed by atoms with Gasteiger partial charge in [-0.15, -0.1) is 0 Å². The van der Waals surface area contributed by atoms with Crippen molar-refractivity contribution in [3.05, 3.63) is 101 Å². The van der Waals surface area contributed by atoms with Crippen LogP contribution in [0.1, 0.15) is 41.4 Å². The van der Waals surface area contributed by atoms with Crippen LogP contribution in [0.2, 0.25) is 0 Å². The minimum Gasteiger partial charge on any atom is -0.400 e. The number of fused-ring (bicyclic) bond motifs is 1. The molecule has 7 heteroatoms. The number of likely N-dealkylation sites (N-methyl/N-ethyl adjacent to an activating group) is 1. The van der Waals surface area contributed by atoms with E-state index in [9.17, 15) is 0 Å². The molecule has 33 heavy (non-hydrogen) atoms. The van der Waals surface area contributed by atoms with Crippen molar-refractivity contribution in [1.82, 2.24) is 20.2 Å². The van der Waals surface area contributed by atoms with Gasteiger partial charge in [0.25, 0.3) is 0 Å². The number of para-hydroxylation sites is 1. The van der Waals surface area contributed by atoms with Gasteiger partial charge in [-0.1, -0.05) is 30.3 Å². The summed E-state index contributed by atoms with van der Waals surface area (Å²) in [6.07, 6.45) is 8.85. The first-order chi connectivity index (χ1) is 16.1. The highest BCUT2D eigenvalue weighted by Crippen LogP contribution is 2.32. The minimum atomic E-state index is 0.274. The molecule has 0 aliphatic heterocycles. The molecule has 0 spiro atoms. The number of rotatable bonds is 9. The molecule has 1 aromatic carbocycles. The van der Waals surface area contributed by atoms with Crippen LogP contribution in [0.3, 0.4) is 0 Å². The Balaban J connectivity index is 1.39. The second-order valence-electron chi connectivity index (χ2n) is 8.54. The summed E-state index contributed by atoms with van der Waals surface area (Å²) in [4.78, 5) is 11.3. The summed E-state index contributed by atoms with van der Waals surface area (Å²) < 4.78 is 0. The number of hydrogen-bond donors (Lipinski definition) is 3. The SMILES string of the molecule is CN(C/C(N)=C/N(N)c1ccccc1CNCc1ccccn1)C1CCCc2cccnc21. The average molecular weight is 444 g/mol. The van der Waals surface area contributed by atoms with Gasteiger partial charge < -0.3 is 11.1 Å². The quantitative estimate of drug-likeness (QED) is 0.345. The number of aryl methyl sites for hydroxylation is 1. The lowest BCUT2D eigenvalue weighted by Crippen LogP contribution is -2.34. The Bertz CT molecular complexity index is 1070. The molecule has 3 aromatic rings. The fourth-order valence-corrected chi connectivity index (χ4v) is 4.44. The summed E-state index contributed by atoms with van der Waals surface area (Å²) in [6.45, 7) is 1.99. The van der Waals surface area contributed by atoms with Crippen molar-refractivity contribution in [2.75, 3.05) is 18.6 Å². The van der Waals surface area contributed by atoms with Gasteiger partial charge in [-0.25, -0.2) is 5.84 Å². The monoisotopic (exact) mass is 443 g/mol. The molecule has 1 atom stereocenters. The zero-order valence-electron chi connectivity index (χ0n) is 19.2. The van der Waals surface area contributed by atoms with E-state index < -0.39 is 0 Å². The topological polar surface area (TPSA) is 96.3 Å². The Labute approximate surface area is 196 Å². The van der Waals surface area contributed by atoms with Crippen molar-refractivity contribution in [3.63, 3.8) is 0 Å². The Hall–Kier alpha value is -3.26. The molecule has 2 aromatic heterocycles. The van der Waals surface area contributed by atoms with E-state index in [-0.39, 0.29) is 6.04 Å². The third kappa shape index (κ3) is 5.96. The highest BCUT2D eigenvalue weighted by Gasteiger charge is 2.25. The van der Waals surface area contributed by atoms with Crippen LogP contribution in [0.4, 0.5) is 5.69 Å². The van der Waals surface area contributed by atoms with Gasteiger partial charge in [0.05, 0.1) is 23.1 Å². The maximum atomic E-state index is 6.42. The standard InChI is InChI=1S/C26H33N7/c1-32(25-13-6-9-20-10-7-15-31-26(20)25)18-22(27)19-33(28)24-12-3-2-8-21(24)16-29-17-23-11-4-5-14-30-23/h2-5,7-8,10-12,14-15,19,25,29H,6,9,13,16-18,27-28H2,1H3/b22-19-. The number of nitrogens with one attached hydrogen (secondary N) is 1. The van der Waals surface area contributed by atoms with Crippen LogP contribution in [0.15, 0.2) is 78.9 Å². The predicted octanol–water partition coefficient (Wildman–Crippen LogP) is 3.26. The van der Waals surface area contributed by atoms with Gasteiger partial charge in [-0.3, -0.25) is 19.9 Å². The van der Waals surface area contributed by atoms with Crippen LogP contribution >= 0.6 is 0 Å². The van der Waals surface area contributed by atoms with Gasteiger partial charge in [0.1, 0.15) is 0 Å². The smallest absolute Gasteiger partial charge is 0.0613 e. The Morgan fingerprint density at radius 2 is 1.88 bits per heavy atom. The fraction of sp³-hybridized carbons (Fsp3) is 0.308. The number of anilines is 1. The number of aromatic nitrogens is 2. The van der Waals surface area contributed by atoms with E-state index in [2.05, 4.69) is 39.4 Å². The molecule has 2 heterocycles. The Morgan fingerprint density at radius 1 is 1.06 bits per heavy atom. The summed E-state index contributed by atoms with van der Waals surface area (Å²) in [6, 6.07) is 18.5. The molecule has 172 valence electrons. The summed E-state index contributed by atoms with van der Waals surface area (Å²) >= 11 is 0. The van der Waals surface area contributed by atoms with E-state index in [0.29, 0.717) is 25.3 Å². The highest BCUT2D eigenvalue weighted by molar-refractivity contribution is 5.54. The van der Waals surface area contributed by atoms with Crippen molar-refractivity contribution in [1.29, 1.82) is 0 Å². The number of hydrazine groups is 1. The number of pyridine rings is 2. The van der Waals surface area contributed by atoms with Gasteiger partial charge in [0, 0.05) is 43.9 Å². The predicted molar refractivity (Wildman–Crippen MR) is 133 cm³/mol. The first-order valence-corrected chi connectivity index (χ1v) is 11.4. The van der Waals surface area contributed by atoms with Gasteiger partial charge in [0.2, 0.25) is 0 Å². The molecule has 1 aliphatic carbocycles. The van der Waals surface area contributed by atoms with Crippen LogP contribution in [-0.2, 0) is 19.5 Å². The van der Waals surface area contributed by atoms with Crippen LogP contribution < -0.4 is 21.9 Å². The molecular formula is C26H33N7. The fourth-order valence-electron chi connectivity index (χ4n) is 4.44. The molecule has 4 rings (SSSR count). The van der Waals surface area contributed by atoms with Crippen molar-refractivity contribution in [2.24, 2.45) is 11.6 Å². The number of nitrogens with zero attached hydrogens (tertiary/aromatic N) is 4. The van der Waals surface area contributed by atoms with Crippen molar-refractivity contribution >= 4 is 5.69 Å². The molecule has 0 fully saturated rings. The molecule has 0 amide bonds. The number of hydrogen-bond acceptors (Lipinski definition) is 7. The lowest BCUT2D eigenvalue weighted by molar-refractivity contribution is 0.232. The largest absolute Gasteiger partial charge is 0.400 e. The number of nitrogens with two attached hydrogens (primary N) is 2. The molecule has 0 radical (unpaired) electrons. The van der Waals surface area contributed by atoms with Crippen LogP contribution in [-0.4, -0.2) is 28.5 Å². The summed E-state index contributed by atoms with van der Waals surface area (Å²) in [5.41, 5.74) is 12.7. The lowest BCUT2D eigenvalue weighted by Gasteiger charge is -2.32. The molecule has 1 unspecified atom stereocenters.